The fourth-order valence-corrected chi connectivity index (χ4v) is 5.09. The van der Waals surface area contributed by atoms with Crippen LogP contribution in [0.4, 0.5) is 5.69 Å². The molecule has 0 fully saturated rings. The number of nitrogens with one attached hydrogen (secondary N) is 1. The molecule has 0 aliphatic carbocycles. The minimum atomic E-state index is -0.225. The summed E-state index contributed by atoms with van der Waals surface area (Å²) in [5.41, 5.74) is 6.25. The molecule has 1 aliphatic heterocycles. The zero-order valence-corrected chi connectivity index (χ0v) is 20.7. The summed E-state index contributed by atoms with van der Waals surface area (Å²) in [7, 11) is 0. The van der Waals surface area contributed by atoms with E-state index in [0.717, 1.165) is 27.4 Å². The first-order valence-electron chi connectivity index (χ1n) is 10.4. The smallest absolute Gasteiger partial charge is 0.258 e. The Balaban J connectivity index is 1.67. The molecule has 1 aliphatic rings. The Bertz CT molecular complexity index is 1360. The molecule has 2 aromatic heterocycles. The number of allylic oxidation sites excluding steroid dienone is 1. The number of anilines is 1. The molecule has 1 unspecified atom stereocenters. The molecule has 166 valence electrons. The van der Waals surface area contributed by atoms with Crippen molar-refractivity contribution in [3.05, 3.63) is 93.3 Å². The third kappa shape index (κ3) is 4.08. The molecule has 3 heterocycles. The zero-order chi connectivity index (χ0) is 23.1. The molecular formula is C25H21ClN4OS2. The summed E-state index contributed by atoms with van der Waals surface area (Å²) in [6.07, 6.45) is 0. The highest BCUT2D eigenvalue weighted by Gasteiger charge is 2.35. The lowest BCUT2D eigenvalue weighted by atomic mass is 9.92. The van der Waals surface area contributed by atoms with Crippen LogP contribution >= 0.6 is 35.2 Å². The lowest BCUT2D eigenvalue weighted by Crippen LogP contribution is -2.46. The van der Waals surface area contributed by atoms with E-state index in [-0.39, 0.29) is 6.04 Å². The van der Waals surface area contributed by atoms with Gasteiger partial charge in [-0.3, -0.25) is 4.90 Å². The number of aromatic nitrogens is 2. The van der Waals surface area contributed by atoms with Gasteiger partial charge in [0.15, 0.2) is 5.11 Å². The normalized spacial score (nSPS) is 16.3. The molecule has 4 aromatic rings. The molecule has 5 rings (SSSR count). The second-order valence-electron chi connectivity index (χ2n) is 7.94. The zero-order valence-electron chi connectivity index (χ0n) is 18.3. The minimum absolute atomic E-state index is 0.225. The van der Waals surface area contributed by atoms with E-state index in [4.69, 9.17) is 33.3 Å². The fraction of sp³-hybridized carbons (Fsp3) is 0.160. The molecule has 0 spiro atoms. The first-order chi connectivity index (χ1) is 15.9. The van der Waals surface area contributed by atoms with Crippen LogP contribution in [0.5, 0.6) is 0 Å². The molecule has 0 radical (unpaired) electrons. The van der Waals surface area contributed by atoms with Crippen LogP contribution in [0.1, 0.15) is 35.5 Å². The highest BCUT2D eigenvalue weighted by atomic mass is 35.5. The Morgan fingerprint density at radius 1 is 1.06 bits per heavy atom. The summed E-state index contributed by atoms with van der Waals surface area (Å²) in [5, 5.41) is 11.0. The second kappa shape index (κ2) is 8.74. The van der Waals surface area contributed by atoms with Gasteiger partial charge in [0.1, 0.15) is 0 Å². The van der Waals surface area contributed by atoms with Gasteiger partial charge in [-0.05, 0) is 85.4 Å². The number of hydrogen-bond donors (Lipinski definition) is 1. The van der Waals surface area contributed by atoms with E-state index in [1.54, 1.807) is 11.3 Å². The molecule has 33 heavy (non-hydrogen) atoms. The number of rotatable bonds is 4. The van der Waals surface area contributed by atoms with E-state index < -0.39 is 0 Å². The van der Waals surface area contributed by atoms with Gasteiger partial charge in [-0.1, -0.05) is 41.0 Å². The largest absolute Gasteiger partial charge is 0.351 e. The van der Waals surface area contributed by atoms with Crippen LogP contribution in [-0.4, -0.2) is 15.3 Å². The lowest BCUT2D eigenvalue weighted by molar-refractivity contribution is 0.404. The van der Waals surface area contributed by atoms with Gasteiger partial charge in [0.05, 0.1) is 16.5 Å². The number of thiophene rings is 1. The lowest BCUT2D eigenvalue weighted by Gasteiger charge is -2.37. The topological polar surface area (TPSA) is 54.2 Å². The summed E-state index contributed by atoms with van der Waals surface area (Å²) in [6.45, 7) is 6.24. The van der Waals surface area contributed by atoms with E-state index in [0.29, 0.717) is 21.9 Å². The number of thiocarbonyl (C=S) groups is 1. The van der Waals surface area contributed by atoms with E-state index in [2.05, 4.69) is 42.5 Å². The summed E-state index contributed by atoms with van der Waals surface area (Å²) in [6, 6.07) is 17.7. The second-order valence-corrected chi connectivity index (χ2v) is 9.71. The number of halogens is 1. The molecular weight excluding hydrogens is 472 g/mol. The predicted octanol–water partition coefficient (Wildman–Crippen LogP) is 6.94. The van der Waals surface area contributed by atoms with Crippen molar-refractivity contribution in [1.29, 1.82) is 0 Å². The van der Waals surface area contributed by atoms with E-state index in [1.807, 2.05) is 53.6 Å². The molecule has 0 saturated heterocycles. The maximum Gasteiger partial charge on any atom is 0.258 e. The first kappa shape index (κ1) is 21.8. The third-order valence-electron chi connectivity index (χ3n) is 5.83. The van der Waals surface area contributed by atoms with Crippen LogP contribution in [-0.2, 0) is 0 Å². The molecule has 0 bridgehead atoms. The third-order valence-corrected chi connectivity index (χ3v) is 7.25. The van der Waals surface area contributed by atoms with Crippen molar-refractivity contribution in [2.24, 2.45) is 0 Å². The average molecular weight is 493 g/mol. The Hall–Kier alpha value is -3.00. The molecule has 0 amide bonds. The van der Waals surface area contributed by atoms with Gasteiger partial charge in [-0.2, -0.15) is 4.98 Å². The molecule has 0 saturated carbocycles. The summed E-state index contributed by atoms with van der Waals surface area (Å²) in [4.78, 5) is 7.69. The maximum atomic E-state index is 6.12. The SMILES string of the molecule is CC1=C(c2nc(-c3cccs3)no2)C(c2ccc(C)c(C)c2)NC(=S)N1c1ccc(Cl)cc1. The number of benzene rings is 2. The van der Waals surface area contributed by atoms with Crippen LogP contribution in [0.2, 0.25) is 5.02 Å². The number of nitrogens with zero attached hydrogens (tertiary/aromatic N) is 3. The number of aryl methyl sites for hydroxylation is 2. The fourth-order valence-electron chi connectivity index (χ4n) is 3.95. The first-order valence-corrected chi connectivity index (χ1v) is 12.1. The average Bonchev–Trinajstić information content (AvgIpc) is 3.49. The van der Waals surface area contributed by atoms with Crippen LogP contribution in [0.25, 0.3) is 16.3 Å². The van der Waals surface area contributed by atoms with E-state index in [9.17, 15) is 0 Å². The van der Waals surface area contributed by atoms with Gasteiger partial charge in [0, 0.05) is 16.4 Å². The molecule has 2 aromatic carbocycles. The van der Waals surface area contributed by atoms with Crippen LogP contribution < -0.4 is 10.2 Å². The van der Waals surface area contributed by atoms with Gasteiger partial charge in [0.2, 0.25) is 5.82 Å². The summed E-state index contributed by atoms with van der Waals surface area (Å²) >= 11 is 13.5. The van der Waals surface area contributed by atoms with Crippen molar-refractivity contribution in [2.75, 3.05) is 4.90 Å². The molecule has 1 atom stereocenters. The molecule has 8 heteroatoms. The highest BCUT2D eigenvalue weighted by Crippen LogP contribution is 2.40. The maximum absolute atomic E-state index is 6.12. The van der Waals surface area contributed by atoms with Crippen molar-refractivity contribution in [3.63, 3.8) is 0 Å². The highest BCUT2D eigenvalue weighted by molar-refractivity contribution is 7.80. The quantitative estimate of drug-likeness (QED) is 0.311. The summed E-state index contributed by atoms with van der Waals surface area (Å²) < 4.78 is 5.80. The van der Waals surface area contributed by atoms with Gasteiger partial charge in [-0.25, -0.2) is 0 Å². The van der Waals surface area contributed by atoms with Crippen molar-refractivity contribution in [3.8, 4) is 10.7 Å². The Kier molecular flexibility index (Phi) is 5.78. The van der Waals surface area contributed by atoms with Crippen molar-refractivity contribution < 1.29 is 4.52 Å². The summed E-state index contributed by atoms with van der Waals surface area (Å²) in [5.74, 6) is 1.04. The van der Waals surface area contributed by atoms with Crippen molar-refractivity contribution in [1.82, 2.24) is 15.5 Å². The Labute approximate surface area is 206 Å². The van der Waals surface area contributed by atoms with Crippen LogP contribution in [0.15, 0.2) is 70.2 Å². The molecule has 5 nitrogen and oxygen atoms in total. The Morgan fingerprint density at radius 2 is 1.85 bits per heavy atom. The molecule has 1 N–H and O–H groups in total. The van der Waals surface area contributed by atoms with Gasteiger partial charge < -0.3 is 9.84 Å². The standard InChI is InChI=1S/C25H21ClN4OS2/c1-14-6-7-17(13-15(14)2)22-21(24-28-23(29-31-24)20-5-4-12-33-20)16(3)30(25(32)27-22)19-10-8-18(26)9-11-19/h4-13,22H,1-3H3,(H,27,32). The predicted molar refractivity (Wildman–Crippen MR) is 139 cm³/mol. The monoisotopic (exact) mass is 492 g/mol. The van der Waals surface area contributed by atoms with Crippen molar-refractivity contribution in [2.45, 2.75) is 26.8 Å². The Morgan fingerprint density at radius 3 is 2.55 bits per heavy atom. The van der Waals surface area contributed by atoms with Gasteiger partial charge in [-0.15, -0.1) is 11.3 Å². The van der Waals surface area contributed by atoms with Gasteiger partial charge in [0.25, 0.3) is 5.89 Å². The van der Waals surface area contributed by atoms with Crippen LogP contribution in [0.3, 0.4) is 0 Å². The number of hydrogen-bond acceptors (Lipinski definition) is 5. The minimum Gasteiger partial charge on any atom is -0.351 e. The van der Waals surface area contributed by atoms with E-state index >= 15 is 0 Å². The van der Waals surface area contributed by atoms with Gasteiger partial charge >= 0.3 is 0 Å². The van der Waals surface area contributed by atoms with Crippen molar-refractivity contribution >= 4 is 51.5 Å². The van der Waals surface area contributed by atoms with E-state index in [1.165, 1.54) is 11.1 Å². The van der Waals surface area contributed by atoms with Crippen LogP contribution in [0, 0.1) is 13.8 Å².